The summed E-state index contributed by atoms with van der Waals surface area (Å²) in [4.78, 5) is 35.0. The van der Waals surface area contributed by atoms with Crippen LogP contribution in [0, 0.1) is 0 Å². The molecule has 0 bridgehead atoms. The lowest BCUT2D eigenvalue weighted by Crippen LogP contribution is -2.34. The molecule has 1 N–H and O–H groups in total. The maximum Gasteiger partial charge on any atom is 0.439 e. The first kappa shape index (κ1) is 16.7. The summed E-state index contributed by atoms with van der Waals surface area (Å²) in [7, 11) is 0. The fourth-order valence-electron chi connectivity index (χ4n) is 1.46. The number of aromatic nitrogens is 3. The van der Waals surface area contributed by atoms with Crippen LogP contribution in [0.3, 0.4) is 0 Å². The Morgan fingerprint density at radius 1 is 1.14 bits per heavy atom. The van der Waals surface area contributed by atoms with E-state index in [9.17, 15) is 14.4 Å². The van der Waals surface area contributed by atoms with Gasteiger partial charge in [0.1, 0.15) is 6.04 Å². The first-order valence-electron chi connectivity index (χ1n) is 6.47. The number of rotatable bonds is 5. The molecule has 1 aromatic heterocycles. The van der Waals surface area contributed by atoms with Crippen LogP contribution >= 0.6 is 0 Å². The molecule has 1 atom stereocenters. The van der Waals surface area contributed by atoms with Crippen LogP contribution in [-0.2, 0) is 9.53 Å². The highest BCUT2D eigenvalue weighted by atomic mass is 16.6. The molecule has 0 amide bonds. The average Bonchev–Trinajstić information content (AvgIpc) is 2.63. The third-order valence-corrected chi connectivity index (χ3v) is 2.37. The van der Waals surface area contributed by atoms with Crippen LogP contribution in [0.4, 0.5) is 4.79 Å². The number of nitrogens with zero attached hydrogens (tertiary/aromatic N) is 3. The monoisotopic (exact) mass is 301 g/mol. The summed E-state index contributed by atoms with van der Waals surface area (Å²) < 4.78 is 11.4. The number of hydrogen-bond donors (Lipinski definition) is 1. The topological polar surface area (TPSA) is 113 Å². The van der Waals surface area contributed by atoms with Gasteiger partial charge in [0.25, 0.3) is 0 Å². The van der Waals surface area contributed by atoms with Gasteiger partial charge in [-0.2, -0.15) is 0 Å². The van der Waals surface area contributed by atoms with Crippen LogP contribution in [0.15, 0.2) is 4.79 Å². The van der Waals surface area contributed by atoms with E-state index in [2.05, 4.69) is 5.10 Å². The van der Waals surface area contributed by atoms with Gasteiger partial charge in [-0.3, -0.25) is 0 Å². The number of carbonyl (C=O) groups is 2. The van der Waals surface area contributed by atoms with E-state index in [1.807, 2.05) is 0 Å². The molecule has 0 saturated heterocycles. The van der Waals surface area contributed by atoms with E-state index in [4.69, 9.17) is 14.6 Å². The minimum atomic E-state index is -1.25. The molecule has 0 aromatic carbocycles. The number of carboxylic acid groups (broad SMARTS) is 1. The first-order chi connectivity index (χ1) is 9.65. The molecule has 0 fully saturated rings. The molecule has 0 aliphatic rings. The van der Waals surface area contributed by atoms with Crippen molar-refractivity contribution in [1.29, 1.82) is 0 Å². The Morgan fingerprint density at radius 3 is 2.14 bits per heavy atom. The van der Waals surface area contributed by atoms with Gasteiger partial charge in [0, 0.05) is 0 Å². The second-order valence-electron chi connectivity index (χ2n) is 4.96. The van der Waals surface area contributed by atoms with Crippen molar-refractivity contribution >= 4 is 12.1 Å². The number of ether oxygens (including phenoxy) is 2. The standard InChI is InChI=1S/C12H19N3O6/c1-6(2)20-10-13-15(12(19)21-7(3)4)11(18)14(10)8(5)9(16)17/h6-8H,1-5H3,(H,16,17)/t8-/m0/s1. The summed E-state index contributed by atoms with van der Waals surface area (Å²) in [6.07, 6.45) is -1.78. The zero-order valence-corrected chi connectivity index (χ0v) is 12.6. The molecule has 9 heteroatoms. The Kier molecular flexibility index (Phi) is 5.12. The molecule has 118 valence electrons. The largest absolute Gasteiger partial charge is 0.480 e. The Morgan fingerprint density at radius 2 is 1.71 bits per heavy atom. The van der Waals surface area contributed by atoms with Crippen molar-refractivity contribution in [3.63, 3.8) is 0 Å². The summed E-state index contributed by atoms with van der Waals surface area (Å²) in [5.41, 5.74) is -0.925. The number of aliphatic carboxylic acids is 1. The van der Waals surface area contributed by atoms with Gasteiger partial charge < -0.3 is 14.6 Å². The lowest BCUT2D eigenvalue weighted by Gasteiger charge is -2.12. The highest BCUT2D eigenvalue weighted by molar-refractivity contribution is 5.72. The van der Waals surface area contributed by atoms with E-state index in [0.717, 1.165) is 4.57 Å². The maximum atomic E-state index is 12.2. The third-order valence-electron chi connectivity index (χ3n) is 2.37. The van der Waals surface area contributed by atoms with Crippen LogP contribution < -0.4 is 10.4 Å². The molecule has 0 radical (unpaired) electrons. The van der Waals surface area contributed by atoms with Gasteiger partial charge in [0.2, 0.25) is 0 Å². The van der Waals surface area contributed by atoms with Gasteiger partial charge in [-0.1, -0.05) is 0 Å². The molecule has 1 rings (SSSR count). The van der Waals surface area contributed by atoms with Gasteiger partial charge >= 0.3 is 23.8 Å². The van der Waals surface area contributed by atoms with Crippen LogP contribution in [0.2, 0.25) is 0 Å². The molecule has 0 aliphatic heterocycles. The minimum Gasteiger partial charge on any atom is -0.480 e. The van der Waals surface area contributed by atoms with E-state index in [1.165, 1.54) is 6.92 Å². The second-order valence-corrected chi connectivity index (χ2v) is 4.96. The molecule has 0 spiro atoms. The number of carboxylic acids is 1. The van der Waals surface area contributed by atoms with Gasteiger partial charge in [-0.15, -0.1) is 9.78 Å². The average molecular weight is 301 g/mol. The van der Waals surface area contributed by atoms with Gasteiger partial charge in [0.05, 0.1) is 12.2 Å². The number of carbonyl (C=O) groups excluding carboxylic acids is 1. The maximum absolute atomic E-state index is 12.2. The molecule has 0 aliphatic carbocycles. The van der Waals surface area contributed by atoms with Crippen molar-refractivity contribution in [2.75, 3.05) is 0 Å². The van der Waals surface area contributed by atoms with Crippen LogP contribution in [0.1, 0.15) is 40.7 Å². The Balaban J connectivity index is 3.33. The molecule has 0 saturated carbocycles. The summed E-state index contributed by atoms with van der Waals surface area (Å²) in [6, 6.07) is -1.47. The summed E-state index contributed by atoms with van der Waals surface area (Å²) in [6.45, 7) is 7.89. The molecule has 0 unspecified atom stereocenters. The first-order valence-corrected chi connectivity index (χ1v) is 6.47. The fourth-order valence-corrected chi connectivity index (χ4v) is 1.46. The highest BCUT2D eigenvalue weighted by Crippen LogP contribution is 2.14. The van der Waals surface area contributed by atoms with Crippen molar-refractivity contribution < 1.29 is 24.2 Å². The zero-order chi connectivity index (χ0) is 16.3. The zero-order valence-electron chi connectivity index (χ0n) is 12.6. The molecule has 21 heavy (non-hydrogen) atoms. The molecular formula is C12H19N3O6. The minimum absolute atomic E-state index is 0.245. The van der Waals surface area contributed by atoms with E-state index in [0.29, 0.717) is 4.68 Å². The van der Waals surface area contributed by atoms with Gasteiger partial charge in [0.15, 0.2) is 0 Å². The van der Waals surface area contributed by atoms with Crippen LogP contribution in [-0.4, -0.2) is 43.7 Å². The molecule has 1 aromatic rings. The van der Waals surface area contributed by atoms with Crippen molar-refractivity contribution in [2.45, 2.75) is 52.9 Å². The lowest BCUT2D eigenvalue weighted by atomic mass is 10.3. The predicted molar refractivity (Wildman–Crippen MR) is 71.6 cm³/mol. The van der Waals surface area contributed by atoms with Crippen molar-refractivity contribution in [2.24, 2.45) is 0 Å². The van der Waals surface area contributed by atoms with Gasteiger partial charge in [-0.25, -0.2) is 19.0 Å². The molecular weight excluding hydrogens is 282 g/mol. The van der Waals surface area contributed by atoms with Crippen molar-refractivity contribution in [3.05, 3.63) is 10.5 Å². The number of hydrogen-bond acceptors (Lipinski definition) is 6. The van der Waals surface area contributed by atoms with E-state index >= 15 is 0 Å². The Hall–Kier alpha value is -2.32. The lowest BCUT2D eigenvalue weighted by molar-refractivity contribution is -0.140. The third kappa shape index (κ3) is 3.83. The van der Waals surface area contributed by atoms with Crippen LogP contribution in [0.5, 0.6) is 6.01 Å². The van der Waals surface area contributed by atoms with E-state index in [1.54, 1.807) is 27.7 Å². The van der Waals surface area contributed by atoms with Crippen LogP contribution in [0.25, 0.3) is 0 Å². The highest BCUT2D eigenvalue weighted by Gasteiger charge is 2.28. The Bertz CT molecular complexity index is 586. The predicted octanol–water partition coefficient (Wildman–Crippen LogP) is 0.871. The van der Waals surface area contributed by atoms with Crippen molar-refractivity contribution in [3.8, 4) is 6.01 Å². The van der Waals surface area contributed by atoms with E-state index in [-0.39, 0.29) is 12.1 Å². The summed E-state index contributed by atoms with van der Waals surface area (Å²) >= 11 is 0. The van der Waals surface area contributed by atoms with Crippen molar-refractivity contribution in [1.82, 2.24) is 14.3 Å². The molecule has 1 heterocycles. The molecule has 9 nitrogen and oxygen atoms in total. The SMILES string of the molecule is CC(C)OC(=O)n1nc(OC(C)C)n([C@@H](C)C(=O)O)c1=O. The Labute approximate surface area is 121 Å². The summed E-state index contributed by atoms with van der Waals surface area (Å²) in [5, 5.41) is 12.8. The summed E-state index contributed by atoms with van der Waals surface area (Å²) in [5.74, 6) is -1.25. The fraction of sp³-hybridized carbons (Fsp3) is 0.667. The quantitative estimate of drug-likeness (QED) is 0.858. The smallest absolute Gasteiger partial charge is 0.439 e. The normalized spacial score (nSPS) is 12.5. The second kappa shape index (κ2) is 6.42. The van der Waals surface area contributed by atoms with Gasteiger partial charge in [-0.05, 0) is 34.6 Å². The van der Waals surface area contributed by atoms with E-state index < -0.39 is 29.9 Å².